The number of ether oxygens (including phenoxy) is 3. The van der Waals surface area contributed by atoms with E-state index in [-0.39, 0.29) is 13.2 Å². The second kappa shape index (κ2) is 21.3. The van der Waals surface area contributed by atoms with Crippen LogP contribution in [-0.2, 0) is 25.5 Å². The number of fused-ring (bicyclic) bond motifs is 1. The van der Waals surface area contributed by atoms with Crippen molar-refractivity contribution in [2.75, 3.05) is 37.1 Å². The molecule has 0 spiro atoms. The maximum Gasteiger partial charge on any atom is 0.338 e. The van der Waals surface area contributed by atoms with Crippen LogP contribution in [0.1, 0.15) is 141 Å². The fourth-order valence-corrected chi connectivity index (χ4v) is 8.13. The van der Waals surface area contributed by atoms with Crippen LogP contribution in [0.2, 0.25) is 0 Å². The molecule has 0 saturated heterocycles. The first kappa shape index (κ1) is 42.2. The van der Waals surface area contributed by atoms with E-state index in [0.717, 1.165) is 47.3 Å². The number of nitrogens with one attached hydrogen (secondary N) is 1. The normalized spacial score (nSPS) is 16.9. The number of allylic oxidation sites excluding steroid dienone is 1. The van der Waals surface area contributed by atoms with Crippen molar-refractivity contribution in [1.82, 2.24) is 4.90 Å². The van der Waals surface area contributed by atoms with E-state index in [1.54, 1.807) is 13.8 Å². The van der Waals surface area contributed by atoms with E-state index >= 15 is 0 Å². The largest absolute Gasteiger partial charge is 0.494 e. The summed E-state index contributed by atoms with van der Waals surface area (Å²) in [7, 11) is 1.89. The molecule has 0 saturated carbocycles. The molecule has 2 aromatic carbocycles. The van der Waals surface area contributed by atoms with Gasteiger partial charge in [-0.3, -0.25) is 4.90 Å². The summed E-state index contributed by atoms with van der Waals surface area (Å²) in [6.45, 7) is 12.6. The van der Waals surface area contributed by atoms with Crippen molar-refractivity contribution in [2.24, 2.45) is 0 Å². The third-order valence-electron chi connectivity index (χ3n) is 10.5. The molecule has 0 fully saturated rings. The Hall–Kier alpha value is -3.59. The minimum atomic E-state index is -0.798. The minimum Gasteiger partial charge on any atom is -0.494 e. The second-order valence-corrected chi connectivity index (χ2v) is 14.8. The van der Waals surface area contributed by atoms with Crippen LogP contribution in [0.15, 0.2) is 59.1 Å². The standard InChI is InChI=1S/C44H65N3O5S/c1-8-12-13-14-15-16-17-18-19-20-21-22-23-25-33-26-24-27-36(50-9-2)38(33)39-37(42(48)51-10-3)32(6)46(7)41(40(39)43(49)52-11-4)47-35-30-31(5)28-29-34(35)45-44(47)53/h24,26-30,39,44-45,53H,8-23,25H2,1-7H3. The first-order valence-electron chi connectivity index (χ1n) is 20.3. The molecule has 8 nitrogen and oxygen atoms in total. The highest BCUT2D eigenvalue weighted by atomic mass is 32.1. The van der Waals surface area contributed by atoms with Gasteiger partial charge in [0.25, 0.3) is 0 Å². The molecule has 292 valence electrons. The zero-order valence-corrected chi connectivity index (χ0v) is 34.4. The van der Waals surface area contributed by atoms with Crippen LogP contribution in [0.5, 0.6) is 5.75 Å². The zero-order chi connectivity index (χ0) is 38.3. The summed E-state index contributed by atoms with van der Waals surface area (Å²) >= 11 is 4.98. The monoisotopic (exact) mass is 747 g/mol. The molecule has 53 heavy (non-hydrogen) atoms. The third kappa shape index (κ3) is 10.6. The third-order valence-corrected chi connectivity index (χ3v) is 10.8. The van der Waals surface area contributed by atoms with Crippen molar-refractivity contribution in [3.8, 4) is 5.75 Å². The number of anilines is 2. The van der Waals surface area contributed by atoms with Crippen molar-refractivity contribution in [3.05, 3.63) is 75.8 Å². The molecule has 9 heteroatoms. The molecule has 0 amide bonds. The Morgan fingerprint density at radius 1 is 0.755 bits per heavy atom. The van der Waals surface area contributed by atoms with E-state index in [4.69, 9.17) is 26.8 Å². The van der Waals surface area contributed by atoms with Gasteiger partial charge in [0.1, 0.15) is 11.6 Å². The number of thiol groups is 1. The first-order valence-corrected chi connectivity index (χ1v) is 20.8. The minimum absolute atomic E-state index is 0.181. The Morgan fingerprint density at radius 3 is 1.92 bits per heavy atom. The molecule has 0 radical (unpaired) electrons. The van der Waals surface area contributed by atoms with E-state index < -0.39 is 23.4 Å². The van der Waals surface area contributed by atoms with Gasteiger partial charge in [0, 0.05) is 18.3 Å². The van der Waals surface area contributed by atoms with Gasteiger partial charge < -0.3 is 24.4 Å². The average Bonchev–Trinajstić information content (AvgIpc) is 3.45. The number of aryl methyl sites for hydroxylation is 2. The van der Waals surface area contributed by atoms with Crippen LogP contribution in [0.3, 0.4) is 0 Å². The van der Waals surface area contributed by atoms with Crippen LogP contribution in [0.4, 0.5) is 11.4 Å². The number of carbonyl (C=O) groups excluding carboxylic acids is 2. The second-order valence-electron chi connectivity index (χ2n) is 14.3. The number of unbranched alkanes of at least 4 members (excludes halogenated alkanes) is 12. The predicted molar refractivity (Wildman–Crippen MR) is 221 cm³/mol. The van der Waals surface area contributed by atoms with Gasteiger partial charge in [-0.2, -0.15) is 0 Å². The highest BCUT2D eigenvalue weighted by Gasteiger charge is 2.46. The van der Waals surface area contributed by atoms with Gasteiger partial charge in [0.05, 0.1) is 48.3 Å². The molecular weight excluding hydrogens is 683 g/mol. The Balaban J connectivity index is 1.71. The maximum atomic E-state index is 14.5. The van der Waals surface area contributed by atoms with Crippen LogP contribution in [0, 0.1) is 6.92 Å². The number of esters is 2. The first-order chi connectivity index (χ1) is 25.7. The lowest BCUT2D eigenvalue weighted by molar-refractivity contribution is -0.139. The molecule has 2 unspecified atom stereocenters. The number of rotatable bonds is 22. The highest BCUT2D eigenvalue weighted by molar-refractivity contribution is 7.81. The smallest absolute Gasteiger partial charge is 0.338 e. The number of hydrogen-bond donors (Lipinski definition) is 2. The molecule has 2 aliphatic rings. The summed E-state index contributed by atoms with van der Waals surface area (Å²) in [5.74, 6) is -0.488. The van der Waals surface area contributed by atoms with Gasteiger partial charge in [-0.15, -0.1) is 12.6 Å². The average molecular weight is 748 g/mol. The number of hydrogen-bond acceptors (Lipinski definition) is 9. The van der Waals surface area contributed by atoms with Crippen LogP contribution >= 0.6 is 12.6 Å². The molecule has 2 atom stereocenters. The van der Waals surface area contributed by atoms with Gasteiger partial charge in [0.2, 0.25) is 0 Å². The Labute approximate surface area is 325 Å². The molecule has 1 N–H and O–H groups in total. The van der Waals surface area contributed by atoms with Crippen molar-refractivity contribution >= 4 is 35.9 Å². The van der Waals surface area contributed by atoms with Gasteiger partial charge in [-0.1, -0.05) is 102 Å². The van der Waals surface area contributed by atoms with Crippen molar-refractivity contribution < 1.29 is 23.8 Å². The lowest BCUT2D eigenvalue weighted by Crippen LogP contribution is -2.44. The maximum absolute atomic E-state index is 14.5. The molecule has 4 rings (SSSR count). The van der Waals surface area contributed by atoms with Gasteiger partial charge in [0.15, 0.2) is 5.50 Å². The summed E-state index contributed by atoms with van der Waals surface area (Å²) in [4.78, 5) is 32.5. The molecule has 0 bridgehead atoms. The van der Waals surface area contributed by atoms with Gasteiger partial charge in [-0.05, 0) is 76.8 Å². The number of carbonyl (C=O) groups is 2. The molecular formula is C44H65N3O5S. The van der Waals surface area contributed by atoms with E-state index in [2.05, 4.69) is 30.4 Å². The van der Waals surface area contributed by atoms with E-state index in [1.165, 1.54) is 70.6 Å². The van der Waals surface area contributed by atoms with Crippen molar-refractivity contribution in [2.45, 2.75) is 143 Å². The predicted octanol–water partition coefficient (Wildman–Crippen LogP) is 10.8. The van der Waals surface area contributed by atoms with Gasteiger partial charge >= 0.3 is 11.9 Å². The summed E-state index contributed by atoms with van der Waals surface area (Å²) in [6.07, 6.45) is 17.5. The topological polar surface area (TPSA) is 80.3 Å². The summed E-state index contributed by atoms with van der Waals surface area (Å²) in [6, 6.07) is 12.3. The Morgan fingerprint density at radius 2 is 1.34 bits per heavy atom. The lowest BCUT2D eigenvalue weighted by Gasteiger charge is -2.42. The molecule has 0 aliphatic carbocycles. The number of benzene rings is 2. The van der Waals surface area contributed by atoms with Crippen molar-refractivity contribution in [3.63, 3.8) is 0 Å². The van der Waals surface area contributed by atoms with Crippen molar-refractivity contribution in [1.29, 1.82) is 0 Å². The Kier molecular flexibility index (Phi) is 17.0. The molecule has 2 aliphatic heterocycles. The molecule has 2 heterocycles. The Bertz CT molecular complexity index is 1590. The summed E-state index contributed by atoms with van der Waals surface area (Å²) < 4.78 is 17.9. The van der Waals surface area contributed by atoms with E-state index in [0.29, 0.717) is 35.0 Å². The van der Waals surface area contributed by atoms with Crippen LogP contribution in [-0.4, -0.2) is 49.2 Å². The molecule has 0 aromatic heterocycles. The van der Waals surface area contributed by atoms with Crippen LogP contribution in [0.25, 0.3) is 0 Å². The van der Waals surface area contributed by atoms with Crippen LogP contribution < -0.4 is 15.0 Å². The zero-order valence-electron chi connectivity index (χ0n) is 33.5. The van der Waals surface area contributed by atoms with E-state index in [9.17, 15) is 9.59 Å². The summed E-state index contributed by atoms with van der Waals surface area (Å²) in [5.41, 5.74) is 5.74. The highest BCUT2D eigenvalue weighted by Crippen LogP contribution is 2.50. The fourth-order valence-electron chi connectivity index (χ4n) is 7.75. The number of nitrogens with zero attached hydrogens (tertiary/aromatic N) is 2. The SMILES string of the molecule is CCCCCCCCCCCCCCCc1cccc(OCC)c1C1C(C(=O)OCC)=C(C)N(C)C(N2c3cc(C)ccc3NC2S)=C1C(=O)OCC. The van der Waals surface area contributed by atoms with E-state index in [1.807, 2.05) is 55.8 Å². The van der Waals surface area contributed by atoms with Gasteiger partial charge in [-0.25, -0.2) is 9.59 Å². The molecule has 2 aromatic rings. The quantitative estimate of drug-likeness (QED) is 0.0700. The fraction of sp³-hybridized carbons (Fsp3) is 0.591. The lowest BCUT2D eigenvalue weighted by atomic mass is 9.77. The summed E-state index contributed by atoms with van der Waals surface area (Å²) in [5, 5.41) is 3.46.